The summed E-state index contributed by atoms with van der Waals surface area (Å²) in [6, 6.07) is 0. The molecule has 4 N–H and O–H groups in total. The van der Waals surface area contributed by atoms with E-state index in [2.05, 4.69) is 15.7 Å². The van der Waals surface area contributed by atoms with Crippen LogP contribution in [0.15, 0.2) is 4.99 Å². The van der Waals surface area contributed by atoms with Crippen LogP contribution in [0.1, 0.15) is 0 Å². The molecule has 1 aliphatic heterocycles. The monoisotopic (exact) mass is 365 g/mol. The van der Waals surface area contributed by atoms with Crippen LogP contribution in [0.4, 0.5) is 0 Å². The molecule has 0 amide bonds. The summed E-state index contributed by atoms with van der Waals surface area (Å²) in [5.74, 6) is 5.68. The van der Waals surface area contributed by atoms with Crippen molar-refractivity contribution in [1.82, 2.24) is 10.7 Å². The first-order chi connectivity index (χ1) is 4.85. The molecule has 0 radical (unpaired) electrons. The van der Waals surface area contributed by atoms with E-state index in [0.29, 0.717) is 5.96 Å². The van der Waals surface area contributed by atoms with Crippen LogP contribution in [0.3, 0.4) is 0 Å². The number of hydrogen-bond donors (Lipinski definition) is 3. The molecule has 0 saturated heterocycles. The summed E-state index contributed by atoms with van der Waals surface area (Å²) in [5, 5.41) is 2.92. The van der Waals surface area contributed by atoms with Crippen LogP contribution in [0.5, 0.6) is 0 Å². The number of nitrogens with zero attached hydrogens (tertiary/aromatic N) is 1. The number of hydrogen-bond acceptors (Lipinski definition) is 4. The summed E-state index contributed by atoms with van der Waals surface area (Å²) in [6.45, 7) is 1.74. The number of rotatable bonds is 0. The summed E-state index contributed by atoms with van der Waals surface area (Å²) in [4.78, 5) is 3.92. The molecule has 0 aromatic rings. The van der Waals surface area contributed by atoms with Crippen LogP contribution in [0.25, 0.3) is 0 Å². The molecule has 0 unspecified atom stereocenters. The number of hydrazine groups is 1. The summed E-state index contributed by atoms with van der Waals surface area (Å²) < 4.78 is 0. The maximum atomic E-state index is 4.99. The van der Waals surface area contributed by atoms with Crippen molar-refractivity contribution >= 4 is 24.8 Å². The SMILES string of the molecule is NNC1=NCCN1.[Cl][Pt][Cl]. The second kappa shape index (κ2) is 7.60. The van der Waals surface area contributed by atoms with Crippen molar-refractivity contribution in [3.8, 4) is 0 Å². The Morgan fingerprint density at radius 1 is 1.70 bits per heavy atom. The fourth-order valence-electron chi connectivity index (χ4n) is 0.495. The Labute approximate surface area is 75.9 Å². The summed E-state index contributed by atoms with van der Waals surface area (Å²) in [6.07, 6.45) is 0. The van der Waals surface area contributed by atoms with Crippen molar-refractivity contribution < 1.29 is 16.5 Å². The van der Waals surface area contributed by atoms with E-state index in [-0.39, 0.29) is 0 Å². The molecule has 0 atom stereocenters. The Morgan fingerprint density at radius 3 is 2.50 bits per heavy atom. The molecule has 0 bridgehead atoms. The average Bonchev–Trinajstić information content (AvgIpc) is 2.39. The van der Waals surface area contributed by atoms with Crippen molar-refractivity contribution in [1.29, 1.82) is 0 Å². The average molecular weight is 366 g/mol. The van der Waals surface area contributed by atoms with E-state index >= 15 is 0 Å². The third kappa shape index (κ3) is 5.30. The van der Waals surface area contributed by atoms with E-state index in [1.807, 2.05) is 0 Å². The quantitative estimate of drug-likeness (QED) is 0.411. The van der Waals surface area contributed by atoms with Crippen LogP contribution < -0.4 is 16.6 Å². The third-order valence-corrected chi connectivity index (χ3v) is 0.811. The van der Waals surface area contributed by atoms with E-state index in [4.69, 9.17) is 24.7 Å². The van der Waals surface area contributed by atoms with E-state index in [9.17, 15) is 0 Å². The zero-order chi connectivity index (χ0) is 7.82. The third-order valence-electron chi connectivity index (χ3n) is 0.811. The van der Waals surface area contributed by atoms with Crippen LogP contribution in [0.2, 0.25) is 0 Å². The van der Waals surface area contributed by atoms with Crippen LogP contribution >= 0.6 is 18.8 Å². The van der Waals surface area contributed by atoms with Crippen molar-refractivity contribution in [2.45, 2.75) is 0 Å². The van der Waals surface area contributed by atoms with Gasteiger partial charge in [-0.3, -0.25) is 10.4 Å². The second-order valence-corrected chi connectivity index (χ2v) is 4.63. The Balaban J connectivity index is 0.000000236. The van der Waals surface area contributed by atoms with Gasteiger partial charge in [0.1, 0.15) is 0 Å². The minimum atomic E-state index is -0.472. The van der Waals surface area contributed by atoms with Crippen molar-refractivity contribution in [3.05, 3.63) is 0 Å². The normalized spacial score (nSPS) is 14.9. The van der Waals surface area contributed by atoms with E-state index in [1.54, 1.807) is 0 Å². The predicted octanol–water partition coefficient (Wildman–Crippen LogP) is -0.215. The van der Waals surface area contributed by atoms with E-state index in [1.165, 1.54) is 0 Å². The van der Waals surface area contributed by atoms with Gasteiger partial charge in [0.15, 0.2) is 0 Å². The van der Waals surface area contributed by atoms with Gasteiger partial charge >= 0.3 is 35.3 Å². The fourth-order valence-corrected chi connectivity index (χ4v) is 0.495. The number of guanidine groups is 1. The van der Waals surface area contributed by atoms with E-state index < -0.39 is 16.5 Å². The van der Waals surface area contributed by atoms with Crippen LogP contribution in [0, 0.1) is 0 Å². The topological polar surface area (TPSA) is 62.4 Å². The van der Waals surface area contributed by atoms with Gasteiger partial charge < -0.3 is 5.32 Å². The first-order valence-electron chi connectivity index (χ1n) is 2.42. The maximum absolute atomic E-state index is 4.99. The molecule has 0 aliphatic carbocycles. The Bertz CT molecular complexity index is 109. The molecule has 0 aromatic heterocycles. The van der Waals surface area contributed by atoms with Gasteiger partial charge in [-0.25, -0.2) is 5.84 Å². The van der Waals surface area contributed by atoms with Gasteiger partial charge in [-0.2, -0.15) is 0 Å². The predicted molar refractivity (Wildman–Crippen MR) is 39.3 cm³/mol. The number of nitrogens with one attached hydrogen (secondary N) is 2. The molecule has 4 nitrogen and oxygen atoms in total. The first-order valence-corrected chi connectivity index (χ1v) is 8.05. The van der Waals surface area contributed by atoms with Crippen molar-refractivity contribution in [3.63, 3.8) is 0 Å². The molecule has 0 saturated carbocycles. The van der Waals surface area contributed by atoms with Gasteiger partial charge in [0.2, 0.25) is 5.96 Å². The number of aliphatic imine (C=N–C) groups is 1. The van der Waals surface area contributed by atoms with Crippen molar-refractivity contribution in [2.75, 3.05) is 13.1 Å². The zero-order valence-electron chi connectivity index (χ0n) is 5.01. The Kier molecular flexibility index (Phi) is 7.98. The molecule has 0 fully saturated rings. The minimum absolute atomic E-state index is 0.472. The molecule has 1 rings (SSSR count). The van der Waals surface area contributed by atoms with E-state index in [0.717, 1.165) is 13.1 Å². The van der Waals surface area contributed by atoms with Gasteiger partial charge in [0, 0.05) is 6.54 Å². The van der Waals surface area contributed by atoms with Crippen molar-refractivity contribution in [2.24, 2.45) is 10.8 Å². The molecular weight excluding hydrogens is 358 g/mol. The summed E-state index contributed by atoms with van der Waals surface area (Å²) in [7, 11) is 9.75. The molecular formula is C3H8Cl2N4Pt. The first kappa shape index (κ1) is 10.5. The number of halogens is 2. The molecule has 10 heavy (non-hydrogen) atoms. The fraction of sp³-hybridized carbons (Fsp3) is 0.667. The number of nitrogens with two attached hydrogens (primary N) is 1. The van der Waals surface area contributed by atoms with Gasteiger partial charge in [-0.05, 0) is 0 Å². The summed E-state index contributed by atoms with van der Waals surface area (Å²) in [5.41, 5.74) is 2.40. The molecule has 7 heteroatoms. The van der Waals surface area contributed by atoms with Crippen LogP contribution in [-0.4, -0.2) is 19.0 Å². The molecule has 0 spiro atoms. The van der Waals surface area contributed by atoms with Gasteiger partial charge in [0.05, 0.1) is 6.54 Å². The zero-order valence-corrected chi connectivity index (χ0v) is 8.80. The standard InChI is InChI=1S/C3H8N4.2ClH.Pt/c4-7-3-5-1-2-6-3;;;/h1-2,4H2,(H2,5,6,7);2*1H;/q;;;+2/p-2. The second-order valence-electron chi connectivity index (χ2n) is 1.35. The Morgan fingerprint density at radius 2 is 2.30 bits per heavy atom. The van der Waals surface area contributed by atoms with Gasteiger partial charge in [-0.15, -0.1) is 0 Å². The molecule has 0 aromatic carbocycles. The summed E-state index contributed by atoms with van der Waals surface area (Å²) >= 11 is -0.472. The van der Waals surface area contributed by atoms with Crippen LogP contribution in [-0.2, 0) is 16.5 Å². The van der Waals surface area contributed by atoms with Gasteiger partial charge in [-0.1, -0.05) is 0 Å². The van der Waals surface area contributed by atoms with Gasteiger partial charge in [0.25, 0.3) is 0 Å². The molecule has 1 heterocycles. The molecule has 64 valence electrons. The Hall–Kier alpha value is 0.498. The molecule has 1 aliphatic rings.